The molecular weight excluding hydrogens is 298 g/mol. The maximum atomic E-state index is 12.5. The molecule has 0 fully saturated rings. The van der Waals surface area contributed by atoms with Crippen LogP contribution in [0.5, 0.6) is 5.75 Å². The van der Waals surface area contributed by atoms with Gasteiger partial charge in [0.1, 0.15) is 5.75 Å². The highest BCUT2D eigenvalue weighted by atomic mass is 16.5. The summed E-state index contributed by atoms with van der Waals surface area (Å²) >= 11 is 0. The van der Waals surface area contributed by atoms with Crippen molar-refractivity contribution in [3.8, 4) is 5.75 Å². The lowest BCUT2D eigenvalue weighted by molar-refractivity contribution is -0.122. The van der Waals surface area contributed by atoms with Crippen LogP contribution in [0.1, 0.15) is 44.4 Å². The van der Waals surface area contributed by atoms with Gasteiger partial charge in [0.05, 0.1) is 0 Å². The Hall–Kier alpha value is -2.29. The van der Waals surface area contributed by atoms with Gasteiger partial charge >= 0.3 is 0 Å². The minimum absolute atomic E-state index is 0.0413. The van der Waals surface area contributed by atoms with Gasteiger partial charge in [-0.3, -0.25) is 4.79 Å². The molecule has 0 saturated heterocycles. The Bertz CT molecular complexity index is 729. The van der Waals surface area contributed by atoms with Crippen LogP contribution in [0.2, 0.25) is 0 Å². The molecule has 2 aromatic carbocycles. The van der Waals surface area contributed by atoms with Crippen LogP contribution in [0.25, 0.3) is 0 Å². The van der Waals surface area contributed by atoms with Crippen molar-refractivity contribution < 1.29 is 9.53 Å². The van der Waals surface area contributed by atoms with E-state index in [0.29, 0.717) is 0 Å². The minimum atomic E-state index is -0.575. The predicted molar refractivity (Wildman–Crippen MR) is 99.8 cm³/mol. The highest BCUT2D eigenvalue weighted by Crippen LogP contribution is 2.31. The molecule has 0 saturated carbocycles. The molecule has 0 aromatic heterocycles. The summed E-state index contributed by atoms with van der Waals surface area (Å²) in [5, 5.41) is 2.95. The number of carbonyl (C=O) groups excluding carboxylic acids is 1. The topological polar surface area (TPSA) is 38.3 Å². The number of amides is 1. The van der Waals surface area contributed by atoms with Gasteiger partial charge in [0, 0.05) is 5.69 Å². The Balaban J connectivity index is 2.13. The molecule has 3 heteroatoms. The molecule has 0 bridgehead atoms. The molecule has 2 aromatic rings. The summed E-state index contributed by atoms with van der Waals surface area (Å²) in [7, 11) is 0. The van der Waals surface area contributed by atoms with Crippen molar-refractivity contribution in [3.63, 3.8) is 0 Å². The molecule has 0 spiro atoms. The van der Waals surface area contributed by atoms with Crippen LogP contribution < -0.4 is 10.1 Å². The normalized spacial score (nSPS) is 12.6. The van der Waals surface area contributed by atoms with Gasteiger partial charge in [0.15, 0.2) is 6.10 Å². The Morgan fingerprint density at radius 1 is 1.08 bits per heavy atom. The van der Waals surface area contributed by atoms with Gasteiger partial charge in [-0.25, -0.2) is 0 Å². The Labute approximate surface area is 145 Å². The van der Waals surface area contributed by atoms with Gasteiger partial charge in [-0.15, -0.1) is 0 Å². The molecule has 0 aliphatic rings. The van der Waals surface area contributed by atoms with Crippen molar-refractivity contribution in [3.05, 3.63) is 59.2 Å². The molecule has 1 N–H and O–H groups in total. The molecule has 0 aliphatic heterocycles. The Kier molecular flexibility index (Phi) is 5.33. The highest BCUT2D eigenvalue weighted by Gasteiger charge is 2.22. The molecule has 24 heavy (non-hydrogen) atoms. The monoisotopic (exact) mass is 325 g/mol. The summed E-state index contributed by atoms with van der Waals surface area (Å²) in [6.45, 7) is 12.2. The van der Waals surface area contributed by atoms with Crippen LogP contribution in [0.4, 0.5) is 5.69 Å². The number of para-hydroxylation sites is 1. The van der Waals surface area contributed by atoms with Crippen LogP contribution >= 0.6 is 0 Å². The van der Waals surface area contributed by atoms with Gasteiger partial charge in [0.2, 0.25) is 0 Å². The van der Waals surface area contributed by atoms with Crippen LogP contribution in [0.15, 0.2) is 42.5 Å². The van der Waals surface area contributed by atoms with Gasteiger partial charge in [-0.1, -0.05) is 56.7 Å². The van der Waals surface area contributed by atoms with Gasteiger partial charge in [-0.2, -0.15) is 0 Å². The summed E-state index contributed by atoms with van der Waals surface area (Å²) in [5.74, 6) is 0.610. The molecule has 1 unspecified atom stereocenters. The molecule has 128 valence electrons. The van der Waals surface area contributed by atoms with Crippen molar-refractivity contribution in [2.24, 2.45) is 0 Å². The first kappa shape index (κ1) is 18.1. The van der Waals surface area contributed by atoms with E-state index in [-0.39, 0.29) is 11.3 Å². The summed E-state index contributed by atoms with van der Waals surface area (Å²) in [4.78, 5) is 12.5. The lowest BCUT2D eigenvalue weighted by Crippen LogP contribution is -2.31. The first-order valence-corrected chi connectivity index (χ1v) is 8.33. The Morgan fingerprint density at radius 2 is 1.75 bits per heavy atom. The molecule has 1 atom stereocenters. The summed E-state index contributed by atoms with van der Waals surface area (Å²) in [5.41, 5.74) is 4.10. The first-order valence-electron chi connectivity index (χ1n) is 8.33. The number of nitrogens with one attached hydrogen (secondary N) is 1. The van der Waals surface area contributed by atoms with Gasteiger partial charge in [-0.05, 0) is 49.4 Å². The van der Waals surface area contributed by atoms with E-state index in [9.17, 15) is 4.79 Å². The van der Waals surface area contributed by atoms with Gasteiger partial charge < -0.3 is 10.1 Å². The second-order valence-electron chi connectivity index (χ2n) is 7.31. The van der Waals surface area contributed by atoms with E-state index >= 15 is 0 Å². The minimum Gasteiger partial charge on any atom is -0.481 e. The zero-order valence-electron chi connectivity index (χ0n) is 15.4. The fourth-order valence-electron chi connectivity index (χ4n) is 2.62. The molecule has 3 nitrogen and oxygen atoms in total. The standard InChI is InChI=1S/C21H27NO2/c1-14-11-12-18(15(2)13-14)22-20(23)16(3)24-19-10-8-7-9-17(19)21(4,5)6/h7-13,16H,1-6H3,(H,22,23). The van der Waals surface area contributed by atoms with Crippen LogP contribution in [-0.4, -0.2) is 12.0 Å². The maximum Gasteiger partial charge on any atom is 0.265 e. The molecule has 0 aliphatic carbocycles. The maximum absolute atomic E-state index is 12.5. The van der Waals surface area contributed by atoms with E-state index in [0.717, 1.165) is 22.6 Å². The molecule has 1 amide bonds. The third-order valence-corrected chi connectivity index (χ3v) is 4.01. The van der Waals surface area contributed by atoms with E-state index in [1.807, 2.05) is 50.2 Å². The molecule has 0 radical (unpaired) electrons. The van der Waals surface area contributed by atoms with E-state index in [4.69, 9.17) is 4.74 Å². The van der Waals surface area contributed by atoms with Crippen LogP contribution in [-0.2, 0) is 10.2 Å². The largest absolute Gasteiger partial charge is 0.481 e. The van der Waals surface area contributed by atoms with Crippen LogP contribution in [0, 0.1) is 13.8 Å². The van der Waals surface area contributed by atoms with Crippen LogP contribution in [0.3, 0.4) is 0 Å². The van der Waals surface area contributed by atoms with Crippen molar-refractivity contribution in [2.75, 3.05) is 5.32 Å². The molecule has 2 rings (SSSR count). The van der Waals surface area contributed by atoms with Crippen molar-refractivity contribution in [2.45, 2.75) is 53.1 Å². The fraction of sp³-hybridized carbons (Fsp3) is 0.381. The average molecular weight is 325 g/mol. The number of ether oxygens (including phenoxy) is 1. The number of rotatable bonds is 4. The lowest BCUT2D eigenvalue weighted by atomic mass is 9.86. The zero-order chi connectivity index (χ0) is 17.9. The number of carbonyl (C=O) groups is 1. The second kappa shape index (κ2) is 7.08. The fourth-order valence-corrected chi connectivity index (χ4v) is 2.62. The summed E-state index contributed by atoms with van der Waals surface area (Å²) < 4.78 is 5.96. The van der Waals surface area contributed by atoms with E-state index in [1.165, 1.54) is 5.56 Å². The third kappa shape index (κ3) is 4.38. The van der Waals surface area contributed by atoms with Crippen molar-refractivity contribution in [1.29, 1.82) is 0 Å². The van der Waals surface area contributed by atoms with Crippen molar-refractivity contribution in [1.82, 2.24) is 0 Å². The zero-order valence-corrected chi connectivity index (χ0v) is 15.4. The smallest absolute Gasteiger partial charge is 0.265 e. The van der Waals surface area contributed by atoms with E-state index in [1.54, 1.807) is 6.92 Å². The third-order valence-electron chi connectivity index (χ3n) is 4.01. The van der Waals surface area contributed by atoms with E-state index < -0.39 is 6.10 Å². The number of hydrogen-bond donors (Lipinski definition) is 1. The molecular formula is C21H27NO2. The Morgan fingerprint density at radius 3 is 2.38 bits per heavy atom. The van der Waals surface area contributed by atoms with Crippen molar-refractivity contribution >= 4 is 11.6 Å². The molecule has 0 heterocycles. The number of aryl methyl sites for hydroxylation is 2. The lowest BCUT2D eigenvalue weighted by Gasteiger charge is -2.24. The highest BCUT2D eigenvalue weighted by molar-refractivity contribution is 5.94. The summed E-state index contributed by atoms with van der Waals surface area (Å²) in [6, 6.07) is 13.9. The quantitative estimate of drug-likeness (QED) is 0.858. The number of hydrogen-bond acceptors (Lipinski definition) is 2. The average Bonchev–Trinajstić information content (AvgIpc) is 2.49. The second-order valence-corrected chi connectivity index (χ2v) is 7.31. The first-order chi connectivity index (χ1) is 11.2. The van der Waals surface area contributed by atoms with E-state index in [2.05, 4.69) is 32.2 Å². The summed E-state index contributed by atoms with van der Waals surface area (Å²) in [6.07, 6.45) is -0.575. The predicted octanol–water partition coefficient (Wildman–Crippen LogP) is 5.01. The SMILES string of the molecule is Cc1ccc(NC(=O)C(C)Oc2ccccc2C(C)(C)C)c(C)c1. The van der Waals surface area contributed by atoms with Gasteiger partial charge in [0.25, 0.3) is 5.91 Å². The number of anilines is 1. The number of benzene rings is 2.